The van der Waals surface area contributed by atoms with Crippen LogP contribution in [0.15, 0.2) is 42.0 Å². The predicted molar refractivity (Wildman–Crippen MR) is 106 cm³/mol. The van der Waals surface area contributed by atoms with Gasteiger partial charge in [-0.25, -0.2) is 0 Å². The van der Waals surface area contributed by atoms with Gasteiger partial charge in [-0.1, -0.05) is 0 Å². The van der Waals surface area contributed by atoms with Crippen molar-refractivity contribution in [3.05, 3.63) is 47.5 Å². The van der Waals surface area contributed by atoms with E-state index < -0.39 is 5.91 Å². The molecular weight excluding hydrogens is 360 g/mol. The van der Waals surface area contributed by atoms with E-state index in [2.05, 4.69) is 5.32 Å². The minimum Gasteiger partial charge on any atom is -0.494 e. The Kier molecular flexibility index (Phi) is 7.28. The van der Waals surface area contributed by atoms with Crippen molar-refractivity contribution in [2.75, 3.05) is 33.3 Å². The zero-order valence-electron chi connectivity index (χ0n) is 16.2. The Morgan fingerprint density at radius 2 is 1.68 bits per heavy atom. The molecule has 1 amide bonds. The van der Waals surface area contributed by atoms with Gasteiger partial charge in [0.15, 0.2) is 11.5 Å². The molecule has 2 rings (SSSR count). The van der Waals surface area contributed by atoms with Gasteiger partial charge in [0.05, 0.1) is 27.9 Å². The van der Waals surface area contributed by atoms with Gasteiger partial charge in [-0.2, -0.15) is 5.26 Å². The fourth-order valence-electron chi connectivity index (χ4n) is 2.50. The van der Waals surface area contributed by atoms with Gasteiger partial charge in [-0.15, -0.1) is 0 Å². The summed E-state index contributed by atoms with van der Waals surface area (Å²) in [5.74, 6) is 1.46. The van der Waals surface area contributed by atoms with E-state index in [1.54, 1.807) is 36.4 Å². The molecule has 0 aliphatic heterocycles. The number of ether oxygens (including phenoxy) is 4. The average molecular weight is 382 g/mol. The van der Waals surface area contributed by atoms with Gasteiger partial charge < -0.3 is 24.3 Å². The Balaban J connectivity index is 2.27. The molecule has 7 heteroatoms. The molecule has 0 spiro atoms. The van der Waals surface area contributed by atoms with E-state index in [0.717, 1.165) is 0 Å². The number of rotatable bonds is 8. The number of carbonyl (C=O) groups excluding carboxylic acids is 1. The van der Waals surface area contributed by atoms with E-state index >= 15 is 0 Å². The van der Waals surface area contributed by atoms with Crippen LogP contribution in [0, 0.1) is 11.3 Å². The zero-order valence-corrected chi connectivity index (χ0v) is 16.2. The van der Waals surface area contributed by atoms with Crippen molar-refractivity contribution in [1.29, 1.82) is 5.26 Å². The predicted octanol–water partition coefficient (Wildman–Crippen LogP) is 3.66. The molecule has 2 aromatic rings. The van der Waals surface area contributed by atoms with Crippen LogP contribution in [0.3, 0.4) is 0 Å². The van der Waals surface area contributed by atoms with Gasteiger partial charge in [0, 0.05) is 5.69 Å². The number of hydrogen-bond donors (Lipinski definition) is 1. The zero-order chi connectivity index (χ0) is 20.5. The molecule has 0 aromatic heterocycles. The highest BCUT2D eigenvalue weighted by Gasteiger charge is 2.15. The standard InChI is InChI=1S/C21H22N2O5/c1-5-28-17-8-6-16(7-9-17)23-21(24)15(13-22)10-14-11-18(25-2)20(27-4)19(12-14)26-3/h6-12H,5H2,1-4H3,(H,23,24)/b15-10-. The van der Waals surface area contributed by atoms with E-state index in [-0.39, 0.29) is 5.57 Å². The second kappa shape index (κ2) is 9.88. The van der Waals surface area contributed by atoms with Crippen LogP contribution in [0.2, 0.25) is 0 Å². The molecule has 0 unspecified atom stereocenters. The molecule has 146 valence electrons. The highest BCUT2D eigenvalue weighted by Crippen LogP contribution is 2.38. The molecule has 0 radical (unpaired) electrons. The lowest BCUT2D eigenvalue weighted by Crippen LogP contribution is -2.13. The van der Waals surface area contributed by atoms with Crippen molar-refractivity contribution < 1.29 is 23.7 Å². The third kappa shape index (κ3) is 4.95. The fourth-order valence-corrected chi connectivity index (χ4v) is 2.50. The van der Waals surface area contributed by atoms with E-state index in [1.807, 2.05) is 13.0 Å². The summed E-state index contributed by atoms with van der Waals surface area (Å²) in [6.07, 6.45) is 1.45. The van der Waals surface area contributed by atoms with Crippen molar-refractivity contribution in [3.63, 3.8) is 0 Å². The molecule has 0 saturated carbocycles. The number of benzene rings is 2. The maximum atomic E-state index is 12.5. The third-order valence-corrected chi connectivity index (χ3v) is 3.79. The second-order valence-corrected chi connectivity index (χ2v) is 5.54. The Hall–Kier alpha value is -3.66. The summed E-state index contributed by atoms with van der Waals surface area (Å²) < 4.78 is 21.2. The summed E-state index contributed by atoms with van der Waals surface area (Å²) in [5.41, 5.74) is 1.05. The normalized spacial score (nSPS) is 10.6. The fraction of sp³-hybridized carbons (Fsp3) is 0.238. The van der Waals surface area contributed by atoms with Crippen LogP contribution in [0.5, 0.6) is 23.0 Å². The molecule has 0 bridgehead atoms. The molecule has 0 heterocycles. The van der Waals surface area contributed by atoms with Crippen LogP contribution < -0.4 is 24.3 Å². The first-order valence-electron chi connectivity index (χ1n) is 8.52. The molecule has 28 heavy (non-hydrogen) atoms. The van der Waals surface area contributed by atoms with Crippen LogP contribution in [0.25, 0.3) is 6.08 Å². The summed E-state index contributed by atoms with van der Waals surface area (Å²) in [7, 11) is 4.49. The van der Waals surface area contributed by atoms with Crippen molar-refractivity contribution in [3.8, 4) is 29.1 Å². The van der Waals surface area contributed by atoms with E-state index in [0.29, 0.717) is 40.9 Å². The van der Waals surface area contributed by atoms with Gasteiger partial charge in [0.2, 0.25) is 5.75 Å². The lowest BCUT2D eigenvalue weighted by molar-refractivity contribution is -0.112. The summed E-state index contributed by atoms with van der Waals surface area (Å²) in [4.78, 5) is 12.5. The number of anilines is 1. The number of nitrogens with one attached hydrogen (secondary N) is 1. The van der Waals surface area contributed by atoms with E-state index in [9.17, 15) is 10.1 Å². The number of amides is 1. The molecule has 0 saturated heterocycles. The van der Waals surface area contributed by atoms with Crippen LogP contribution in [0.1, 0.15) is 12.5 Å². The van der Waals surface area contributed by atoms with E-state index in [4.69, 9.17) is 18.9 Å². The van der Waals surface area contributed by atoms with E-state index in [1.165, 1.54) is 27.4 Å². The van der Waals surface area contributed by atoms with Crippen molar-refractivity contribution in [2.24, 2.45) is 0 Å². The van der Waals surface area contributed by atoms with Crippen molar-refractivity contribution >= 4 is 17.7 Å². The summed E-state index contributed by atoms with van der Waals surface area (Å²) in [6, 6.07) is 12.1. The molecular formula is C21H22N2O5. The molecule has 0 aliphatic carbocycles. The van der Waals surface area contributed by atoms with Crippen molar-refractivity contribution in [2.45, 2.75) is 6.92 Å². The Morgan fingerprint density at radius 1 is 1.07 bits per heavy atom. The lowest BCUT2D eigenvalue weighted by atomic mass is 10.1. The second-order valence-electron chi connectivity index (χ2n) is 5.54. The molecule has 2 aromatic carbocycles. The first-order chi connectivity index (χ1) is 13.6. The van der Waals surface area contributed by atoms with Crippen LogP contribution >= 0.6 is 0 Å². The highest BCUT2D eigenvalue weighted by atomic mass is 16.5. The van der Waals surface area contributed by atoms with Crippen LogP contribution in [-0.2, 0) is 4.79 Å². The summed E-state index contributed by atoms with van der Waals surface area (Å²) in [6.45, 7) is 2.45. The van der Waals surface area contributed by atoms with Gasteiger partial charge in [-0.05, 0) is 55.0 Å². The number of nitrogens with zero attached hydrogens (tertiary/aromatic N) is 1. The molecule has 0 atom stereocenters. The molecule has 0 fully saturated rings. The quantitative estimate of drug-likeness (QED) is 0.554. The molecule has 0 aliphatic rings. The van der Waals surface area contributed by atoms with Gasteiger partial charge >= 0.3 is 0 Å². The smallest absolute Gasteiger partial charge is 0.266 e. The van der Waals surface area contributed by atoms with Crippen molar-refractivity contribution in [1.82, 2.24) is 0 Å². The van der Waals surface area contributed by atoms with Gasteiger partial charge in [0.1, 0.15) is 17.4 Å². The maximum absolute atomic E-state index is 12.5. The average Bonchev–Trinajstić information content (AvgIpc) is 2.72. The molecule has 1 N–H and O–H groups in total. The Morgan fingerprint density at radius 3 is 2.14 bits per heavy atom. The summed E-state index contributed by atoms with van der Waals surface area (Å²) in [5, 5.41) is 12.1. The van der Waals surface area contributed by atoms with Crippen LogP contribution in [-0.4, -0.2) is 33.8 Å². The highest BCUT2D eigenvalue weighted by molar-refractivity contribution is 6.09. The summed E-state index contributed by atoms with van der Waals surface area (Å²) >= 11 is 0. The third-order valence-electron chi connectivity index (χ3n) is 3.79. The molecule has 7 nitrogen and oxygen atoms in total. The number of hydrogen-bond acceptors (Lipinski definition) is 6. The number of carbonyl (C=O) groups is 1. The van der Waals surface area contributed by atoms with Gasteiger partial charge in [-0.3, -0.25) is 4.79 Å². The topological polar surface area (TPSA) is 89.8 Å². The largest absolute Gasteiger partial charge is 0.494 e. The number of methoxy groups -OCH3 is 3. The Bertz CT molecular complexity index is 873. The SMILES string of the molecule is CCOc1ccc(NC(=O)/C(C#N)=C\c2cc(OC)c(OC)c(OC)c2)cc1. The minimum atomic E-state index is -0.527. The monoisotopic (exact) mass is 382 g/mol. The Labute approximate surface area is 164 Å². The number of nitriles is 1. The van der Waals surface area contributed by atoms with Crippen LogP contribution in [0.4, 0.5) is 5.69 Å². The van der Waals surface area contributed by atoms with Gasteiger partial charge in [0.25, 0.3) is 5.91 Å². The maximum Gasteiger partial charge on any atom is 0.266 e. The first kappa shape index (κ1) is 20.6. The lowest BCUT2D eigenvalue weighted by Gasteiger charge is -2.13. The first-order valence-corrected chi connectivity index (χ1v) is 8.52. The minimum absolute atomic E-state index is 0.0665.